The summed E-state index contributed by atoms with van der Waals surface area (Å²) in [5, 5.41) is 8.93. The Morgan fingerprint density at radius 2 is 2.10 bits per heavy atom. The van der Waals surface area contributed by atoms with E-state index in [0.29, 0.717) is 0 Å². The smallest absolute Gasteiger partial charge is 0.244 e. The zero-order chi connectivity index (χ0) is 13.9. The standard InChI is InChI=1S/C12H16N4O2S.ClH/c13-8-10-11(4-3-7-15-10)19(17,18)16-12(9-14)5-1-2-6-12;/h3-4,7,16H,1-2,5-6,9,14H2;1H. The molecule has 1 aliphatic rings. The molecule has 0 amide bonds. The number of halogens is 1. The number of rotatable bonds is 4. The molecule has 110 valence electrons. The molecule has 1 aliphatic carbocycles. The van der Waals surface area contributed by atoms with Crippen molar-refractivity contribution in [3.63, 3.8) is 0 Å². The molecule has 0 unspecified atom stereocenters. The summed E-state index contributed by atoms with van der Waals surface area (Å²) in [6.45, 7) is 0.258. The summed E-state index contributed by atoms with van der Waals surface area (Å²) in [6.07, 6.45) is 4.76. The summed E-state index contributed by atoms with van der Waals surface area (Å²) in [7, 11) is -3.77. The summed E-state index contributed by atoms with van der Waals surface area (Å²) in [6, 6.07) is 4.68. The molecular formula is C12H17ClN4O2S. The maximum Gasteiger partial charge on any atom is 0.244 e. The van der Waals surface area contributed by atoms with Crippen LogP contribution in [-0.4, -0.2) is 25.5 Å². The molecule has 0 bridgehead atoms. The van der Waals surface area contributed by atoms with E-state index >= 15 is 0 Å². The van der Waals surface area contributed by atoms with Crippen molar-refractivity contribution in [1.82, 2.24) is 9.71 Å². The fraction of sp³-hybridized carbons (Fsp3) is 0.500. The van der Waals surface area contributed by atoms with Gasteiger partial charge >= 0.3 is 0 Å². The van der Waals surface area contributed by atoms with Crippen molar-refractivity contribution in [3.05, 3.63) is 24.0 Å². The quantitative estimate of drug-likeness (QED) is 0.858. The maximum atomic E-state index is 12.4. The number of hydrogen-bond acceptors (Lipinski definition) is 5. The van der Waals surface area contributed by atoms with Crippen molar-refractivity contribution in [1.29, 1.82) is 5.26 Å². The summed E-state index contributed by atoms with van der Waals surface area (Å²) < 4.78 is 27.4. The molecule has 6 nitrogen and oxygen atoms in total. The minimum Gasteiger partial charge on any atom is -0.329 e. The largest absolute Gasteiger partial charge is 0.329 e. The zero-order valence-electron chi connectivity index (χ0n) is 10.9. The van der Waals surface area contributed by atoms with Crippen LogP contribution in [0.2, 0.25) is 0 Å². The third-order valence-corrected chi connectivity index (χ3v) is 5.08. The van der Waals surface area contributed by atoms with Gasteiger partial charge in [-0.2, -0.15) is 5.26 Å². The second-order valence-electron chi connectivity index (χ2n) is 4.76. The Bertz CT molecular complexity index is 606. The van der Waals surface area contributed by atoms with Gasteiger partial charge in [0.25, 0.3) is 0 Å². The SMILES string of the molecule is Cl.N#Cc1ncccc1S(=O)(=O)NC1(CN)CCCC1. The van der Waals surface area contributed by atoms with Gasteiger partial charge in [-0.3, -0.25) is 0 Å². The summed E-state index contributed by atoms with van der Waals surface area (Å²) in [4.78, 5) is 3.69. The number of hydrogen-bond donors (Lipinski definition) is 2. The lowest BCUT2D eigenvalue weighted by atomic mass is 10.0. The van der Waals surface area contributed by atoms with Gasteiger partial charge in [0.05, 0.1) is 0 Å². The van der Waals surface area contributed by atoms with Gasteiger partial charge < -0.3 is 5.73 Å². The van der Waals surface area contributed by atoms with Crippen LogP contribution in [0.25, 0.3) is 0 Å². The second-order valence-corrected chi connectivity index (χ2v) is 6.41. The van der Waals surface area contributed by atoms with E-state index in [1.165, 1.54) is 18.3 Å². The molecule has 2 rings (SSSR count). The Kier molecular flexibility index (Phi) is 5.48. The lowest BCUT2D eigenvalue weighted by Gasteiger charge is -2.28. The Hall–Kier alpha value is -1.20. The normalized spacial score (nSPS) is 17.2. The Morgan fingerprint density at radius 3 is 2.65 bits per heavy atom. The van der Waals surface area contributed by atoms with Gasteiger partial charge in [-0.05, 0) is 25.0 Å². The highest BCUT2D eigenvalue weighted by atomic mass is 35.5. The number of sulfonamides is 1. The average molecular weight is 317 g/mol. The van der Waals surface area contributed by atoms with Gasteiger partial charge in [0.15, 0.2) is 5.69 Å². The molecule has 1 aromatic rings. The number of pyridine rings is 1. The highest BCUT2D eigenvalue weighted by Gasteiger charge is 2.37. The average Bonchev–Trinajstić information content (AvgIpc) is 2.87. The van der Waals surface area contributed by atoms with Crippen LogP contribution in [0, 0.1) is 11.3 Å². The van der Waals surface area contributed by atoms with Crippen molar-refractivity contribution in [2.75, 3.05) is 6.54 Å². The zero-order valence-corrected chi connectivity index (χ0v) is 12.5. The molecule has 1 saturated carbocycles. The molecule has 0 atom stereocenters. The molecule has 0 aromatic carbocycles. The molecular weight excluding hydrogens is 300 g/mol. The van der Waals surface area contributed by atoms with Gasteiger partial charge in [0, 0.05) is 18.3 Å². The predicted molar refractivity (Wildman–Crippen MR) is 76.8 cm³/mol. The predicted octanol–water partition coefficient (Wildman–Crippen LogP) is 0.925. The van der Waals surface area contributed by atoms with E-state index in [4.69, 9.17) is 11.0 Å². The molecule has 0 spiro atoms. The van der Waals surface area contributed by atoms with Crippen LogP contribution in [0.3, 0.4) is 0 Å². The minimum atomic E-state index is -3.77. The van der Waals surface area contributed by atoms with Gasteiger partial charge in [-0.1, -0.05) is 12.8 Å². The van der Waals surface area contributed by atoms with Crippen LogP contribution >= 0.6 is 12.4 Å². The van der Waals surface area contributed by atoms with Crippen molar-refractivity contribution in [2.45, 2.75) is 36.1 Å². The third kappa shape index (κ3) is 3.27. The van der Waals surface area contributed by atoms with Crippen LogP contribution in [0.5, 0.6) is 0 Å². The third-order valence-electron chi connectivity index (χ3n) is 3.47. The first-order valence-corrected chi connectivity index (χ1v) is 7.60. The molecule has 8 heteroatoms. The number of nitriles is 1. The second kappa shape index (κ2) is 6.50. The first-order valence-electron chi connectivity index (χ1n) is 6.12. The highest BCUT2D eigenvalue weighted by Crippen LogP contribution is 2.30. The van der Waals surface area contributed by atoms with Gasteiger partial charge in [-0.15, -0.1) is 12.4 Å². The summed E-state index contributed by atoms with van der Waals surface area (Å²) in [5.41, 5.74) is 5.04. The van der Waals surface area contributed by atoms with Crippen molar-refractivity contribution in [3.8, 4) is 6.07 Å². The molecule has 1 heterocycles. The van der Waals surface area contributed by atoms with Crippen molar-refractivity contribution < 1.29 is 8.42 Å². The van der Waals surface area contributed by atoms with Gasteiger partial charge in [0.2, 0.25) is 10.0 Å². The molecule has 0 radical (unpaired) electrons. The van der Waals surface area contributed by atoms with E-state index in [0.717, 1.165) is 25.7 Å². The van der Waals surface area contributed by atoms with E-state index < -0.39 is 15.6 Å². The Balaban J connectivity index is 0.00000200. The molecule has 1 aromatic heterocycles. The first-order chi connectivity index (χ1) is 9.03. The summed E-state index contributed by atoms with van der Waals surface area (Å²) in [5.74, 6) is 0. The first kappa shape index (κ1) is 16.9. The molecule has 3 N–H and O–H groups in total. The molecule has 0 saturated heterocycles. The number of nitrogens with one attached hydrogen (secondary N) is 1. The van der Waals surface area contributed by atoms with Crippen LogP contribution in [0.4, 0.5) is 0 Å². The maximum absolute atomic E-state index is 12.4. The van der Waals surface area contributed by atoms with E-state index in [9.17, 15) is 8.42 Å². The Labute approximate surface area is 124 Å². The van der Waals surface area contributed by atoms with E-state index in [1.54, 1.807) is 6.07 Å². The van der Waals surface area contributed by atoms with Crippen LogP contribution in [0.15, 0.2) is 23.2 Å². The topological polar surface area (TPSA) is 109 Å². The number of aromatic nitrogens is 1. The monoisotopic (exact) mass is 316 g/mol. The lowest BCUT2D eigenvalue weighted by molar-refractivity contribution is 0.399. The fourth-order valence-electron chi connectivity index (χ4n) is 2.43. The molecule has 1 fully saturated rings. The van der Waals surface area contributed by atoms with E-state index in [-0.39, 0.29) is 29.5 Å². The lowest BCUT2D eigenvalue weighted by Crippen LogP contribution is -2.51. The highest BCUT2D eigenvalue weighted by molar-refractivity contribution is 7.89. The van der Waals surface area contributed by atoms with Crippen LogP contribution < -0.4 is 10.5 Å². The van der Waals surface area contributed by atoms with E-state index in [1.807, 2.05) is 0 Å². The number of nitrogens with two attached hydrogens (primary N) is 1. The fourth-order valence-corrected chi connectivity index (χ4v) is 4.01. The molecule has 20 heavy (non-hydrogen) atoms. The van der Waals surface area contributed by atoms with Gasteiger partial charge in [-0.25, -0.2) is 18.1 Å². The van der Waals surface area contributed by atoms with Gasteiger partial charge in [0.1, 0.15) is 11.0 Å². The van der Waals surface area contributed by atoms with E-state index in [2.05, 4.69) is 9.71 Å². The summed E-state index contributed by atoms with van der Waals surface area (Å²) >= 11 is 0. The molecule has 0 aliphatic heterocycles. The minimum absolute atomic E-state index is 0. The number of nitrogens with zero attached hydrogens (tertiary/aromatic N) is 2. The van der Waals surface area contributed by atoms with Crippen molar-refractivity contribution >= 4 is 22.4 Å². The van der Waals surface area contributed by atoms with Crippen molar-refractivity contribution in [2.24, 2.45) is 5.73 Å². The van der Waals surface area contributed by atoms with Crippen LogP contribution in [-0.2, 0) is 10.0 Å². The van der Waals surface area contributed by atoms with Crippen LogP contribution in [0.1, 0.15) is 31.4 Å². The Morgan fingerprint density at radius 1 is 1.45 bits per heavy atom.